The van der Waals surface area contributed by atoms with E-state index in [1.165, 1.54) is 12.1 Å². The summed E-state index contributed by atoms with van der Waals surface area (Å²) in [4.78, 5) is 4.10. The fourth-order valence-electron chi connectivity index (χ4n) is 1.63. The molecule has 0 aliphatic carbocycles. The zero-order valence-electron chi connectivity index (χ0n) is 10.5. The Morgan fingerprint density at radius 3 is 2.65 bits per heavy atom. The summed E-state index contributed by atoms with van der Waals surface area (Å²) in [6.45, 7) is 2.11. The SMILES string of the molecule is Cc1cc(S(=O)(=O)Cl)ccc1OCc1cncc(Br)c1. The molecule has 0 amide bonds. The molecular weight excluding hydrogens is 366 g/mol. The molecule has 1 heterocycles. The Hall–Kier alpha value is -1.11. The number of pyridine rings is 1. The van der Waals surface area contributed by atoms with Crippen molar-refractivity contribution in [2.24, 2.45) is 0 Å². The van der Waals surface area contributed by atoms with Crippen molar-refractivity contribution in [3.8, 4) is 5.75 Å². The van der Waals surface area contributed by atoms with Crippen LogP contribution in [0.15, 0.2) is 46.0 Å². The average molecular weight is 377 g/mol. The molecule has 2 rings (SSSR count). The maximum atomic E-state index is 11.2. The quantitative estimate of drug-likeness (QED) is 0.764. The smallest absolute Gasteiger partial charge is 0.261 e. The van der Waals surface area contributed by atoms with Gasteiger partial charge in [0.15, 0.2) is 0 Å². The summed E-state index contributed by atoms with van der Waals surface area (Å²) in [6, 6.07) is 6.40. The minimum absolute atomic E-state index is 0.0631. The van der Waals surface area contributed by atoms with Gasteiger partial charge in [-0.15, -0.1) is 0 Å². The normalized spacial score (nSPS) is 11.3. The van der Waals surface area contributed by atoms with E-state index in [0.717, 1.165) is 10.0 Å². The Morgan fingerprint density at radius 1 is 1.30 bits per heavy atom. The first-order valence-electron chi connectivity index (χ1n) is 5.64. The van der Waals surface area contributed by atoms with E-state index in [2.05, 4.69) is 20.9 Å². The van der Waals surface area contributed by atoms with Gasteiger partial charge in [-0.25, -0.2) is 8.42 Å². The van der Waals surface area contributed by atoms with Gasteiger partial charge in [-0.2, -0.15) is 0 Å². The third kappa shape index (κ3) is 3.94. The lowest BCUT2D eigenvalue weighted by Crippen LogP contribution is -1.99. The van der Waals surface area contributed by atoms with E-state index < -0.39 is 9.05 Å². The first-order chi connectivity index (χ1) is 9.36. The molecule has 0 spiro atoms. The highest BCUT2D eigenvalue weighted by molar-refractivity contribution is 9.10. The number of ether oxygens (including phenoxy) is 1. The zero-order chi connectivity index (χ0) is 14.8. The molecule has 20 heavy (non-hydrogen) atoms. The van der Waals surface area contributed by atoms with Crippen molar-refractivity contribution in [2.75, 3.05) is 0 Å². The molecule has 4 nitrogen and oxygen atoms in total. The topological polar surface area (TPSA) is 56.3 Å². The lowest BCUT2D eigenvalue weighted by molar-refractivity contribution is 0.303. The minimum atomic E-state index is -3.71. The number of aromatic nitrogens is 1. The summed E-state index contributed by atoms with van der Waals surface area (Å²) in [7, 11) is 1.58. The number of benzene rings is 1. The lowest BCUT2D eigenvalue weighted by Gasteiger charge is -2.10. The van der Waals surface area contributed by atoms with E-state index in [9.17, 15) is 8.42 Å². The molecule has 0 aliphatic rings. The molecule has 106 valence electrons. The third-order valence-corrected chi connectivity index (χ3v) is 4.37. The lowest BCUT2D eigenvalue weighted by atomic mass is 10.2. The fourth-order valence-corrected chi connectivity index (χ4v) is 2.88. The van der Waals surface area contributed by atoms with Crippen LogP contribution in [0.2, 0.25) is 0 Å². The van der Waals surface area contributed by atoms with Crippen LogP contribution in [0.4, 0.5) is 0 Å². The van der Waals surface area contributed by atoms with Crippen LogP contribution in [0.1, 0.15) is 11.1 Å². The maximum absolute atomic E-state index is 11.2. The monoisotopic (exact) mass is 375 g/mol. The van der Waals surface area contributed by atoms with E-state index in [-0.39, 0.29) is 4.90 Å². The number of aryl methyl sites for hydroxylation is 1. The van der Waals surface area contributed by atoms with Crippen molar-refractivity contribution in [3.63, 3.8) is 0 Å². The van der Waals surface area contributed by atoms with Crippen molar-refractivity contribution in [1.82, 2.24) is 4.98 Å². The number of nitrogens with zero attached hydrogens (tertiary/aromatic N) is 1. The highest BCUT2D eigenvalue weighted by Gasteiger charge is 2.12. The highest BCUT2D eigenvalue weighted by atomic mass is 79.9. The van der Waals surface area contributed by atoms with Gasteiger partial charge in [0.2, 0.25) is 0 Å². The summed E-state index contributed by atoms with van der Waals surface area (Å²) in [5, 5.41) is 0. The van der Waals surface area contributed by atoms with Crippen molar-refractivity contribution in [3.05, 3.63) is 52.3 Å². The molecule has 0 unspecified atom stereocenters. The Labute approximate surface area is 130 Å². The Kier molecular flexibility index (Phi) is 4.67. The van der Waals surface area contributed by atoms with Crippen LogP contribution in [0, 0.1) is 6.92 Å². The van der Waals surface area contributed by atoms with Gasteiger partial charge >= 0.3 is 0 Å². The zero-order valence-corrected chi connectivity index (χ0v) is 13.7. The molecule has 0 aliphatic heterocycles. The van der Waals surface area contributed by atoms with Gasteiger partial charge in [-0.3, -0.25) is 4.98 Å². The van der Waals surface area contributed by atoms with Gasteiger partial charge in [0.25, 0.3) is 9.05 Å². The predicted octanol–water partition coefficient (Wildman–Crippen LogP) is 3.66. The Bertz CT molecular complexity index is 734. The van der Waals surface area contributed by atoms with Crippen LogP contribution in [0.3, 0.4) is 0 Å². The molecule has 0 saturated heterocycles. The van der Waals surface area contributed by atoms with Crippen molar-refractivity contribution in [2.45, 2.75) is 18.4 Å². The van der Waals surface area contributed by atoms with Crippen LogP contribution in [0.5, 0.6) is 5.75 Å². The summed E-state index contributed by atoms with van der Waals surface area (Å²) < 4.78 is 29.0. The van der Waals surface area contributed by atoms with E-state index >= 15 is 0 Å². The van der Waals surface area contributed by atoms with Crippen LogP contribution in [-0.2, 0) is 15.7 Å². The molecule has 0 bridgehead atoms. The fraction of sp³-hybridized carbons (Fsp3) is 0.154. The number of halogens is 2. The number of hydrogen-bond acceptors (Lipinski definition) is 4. The van der Waals surface area contributed by atoms with Crippen LogP contribution in [0.25, 0.3) is 0 Å². The predicted molar refractivity (Wildman–Crippen MR) is 80.5 cm³/mol. The standard InChI is InChI=1S/C13H11BrClNO3S/c1-9-4-12(20(15,17)18)2-3-13(9)19-8-10-5-11(14)7-16-6-10/h2-7H,8H2,1H3. The number of hydrogen-bond donors (Lipinski definition) is 0. The van der Waals surface area contributed by atoms with E-state index in [1.54, 1.807) is 25.4 Å². The van der Waals surface area contributed by atoms with Gasteiger partial charge in [0.1, 0.15) is 12.4 Å². The van der Waals surface area contributed by atoms with Gasteiger partial charge < -0.3 is 4.74 Å². The summed E-state index contributed by atoms with van der Waals surface area (Å²) >= 11 is 3.33. The molecule has 0 fully saturated rings. The molecule has 0 N–H and O–H groups in total. The van der Waals surface area contributed by atoms with Gasteiger partial charge in [-0.05, 0) is 52.7 Å². The second-order valence-corrected chi connectivity index (χ2v) is 7.65. The number of rotatable bonds is 4. The second kappa shape index (κ2) is 6.11. The first-order valence-corrected chi connectivity index (χ1v) is 8.74. The van der Waals surface area contributed by atoms with Crippen LogP contribution >= 0.6 is 26.6 Å². The van der Waals surface area contributed by atoms with Crippen LogP contribution in [-0.4, -0.2) is 13.4 Å². The van der Waals surface area contributed by atoms with Crippen molar-refractivity contribution >= 4 is 35.7 Å². The van der Waals surface area contributed by atoms with Crippen molar-refractivity contribution < 1.29 is 13.2 Å². The summed E-state index contributed by atoms with van der Waals surface area (Å²) in [6.07, 6.45) is 3.40. The van der Waals surface area contributed by atoms with Crippen LogP contribution < -0.4 is 4.74 Å². The Balaban J connectivity index is 2.15. The molecule has 0 saturated carbocycles. The van der Waals surface area contributed by atoms with Gasteiger partial charge in [-0.1, -0.05) is 0 Å². The summed E-state index contributed by atoms with van der Waals surface area (Å²) in [5.41, 5.74) is 1.61. The molecule has 1 aromatic carbocycles. The largest absolute Gasteiger partial charge is 0.489 e. The molecule has 0 atom stereocenters. The minimum Gasteiger partial charge on any atom is -0.489 e. The second-order valence-electron chi connectivity index (χ2n) is 4.17. The van der Waals surface area contributed by atoms with Gasteiger partial charge in [0.05, 0.1) is 4.90 Å². The third-order valence-electron chi connectivity index (χ3n) is 2.58. The molecular formula is C13H11BrClNO3S. The first kappa shape index (κ1) is 15.3. The summed E-state index contributed by atoms with van der Waals surface area (Å²) in [5.74, 6) is 0.606. The van der Waals surface area contributed by atoms with Crippen molar-refractivity contribution in [1.29, 1.82) is 0 Å². The highest BCUT2D eigenvalue weighted by Crippen LogP contribution is 2.24. The molecule has 1 aromatic heterocycles. The molecule has 0 radical (unpaired) electrons. The maximum Gasteiger partial charge on any atom is 0.261 e. The van der Waals surface area contributed by atoms with E-state index in [4.69, 9.17) is 15.4 Å². The molecule has 7 heteroatoms. The molecule has 2 aromatic rings. The Morgan fingerprint density at radius 2 is 2.05 bits per heavy atom. The van der Waals surface area contributed by atoms with E-state index in [0.29, 0.717) is 17.9 Å². The van der Waals surface area contributed by atoms with Gasteiger partial charge in [0, 0.05) is 33.1 Å². The average Bonchev–Trinajstić information content (AvgIpc) is 2.36. The van der Waals surface area contributed by atoms with E-state index in [1.807, 2.05) is 6.07 Å².